The first kappa shape index (κ1) is 13.9. The Hall–Kier alpha value is -2.57. The number of carbonyl (C=O) groups excluding carboxylic acids is 1. The van der Waals surface area contributed by atoms with Gasteiger partial charge < -0.3 is 14.8 Å². The van der Waals surface area contributed by atoms with E-state index in [0.29, 0.717) is 17.0 Å². The summed E-state index contributed by atoms with van der Waals surface area (Å²) in [4.78, 5) is 23.0. The molecule has 0 aliphatic heterocycles. The number of carboxylic acid groups (broad SMARTS) is 1. The van der Waals surface area contributed by atoms with Crippen LogP contribution >= 0.6 is 0 Å². The molecule has 106 valence electrons. The summed E-state index contributed by atoms with van der Waals surface area (Å²) in [5.74, 6) is -0.712. The number of nitrogens with one attached hydrogen (secondary N) is 1. The third-order valence-electron chi connectivity index (χ3n) is 2.93. The molecule has 0 saturated carbocycles. The van der Waals surface area contributed by atoms with Crippen molar-refractivity contribution in [2.45, 2.75) is 26.3 Å². The summed E-state index contributed by atoms with van der Waals surface area (Å²) >= 11 is 0. The van der Waals surface area contributed by atoms with Crippen LogP contribution in [0.5, 0.6) is 0 Å². The van der Waals surface area contributed by atoms with Crippen LogP contribution in [0.15, 0.2) is 29.1 Å². The highest BCUT2D eigenvalue weighted by Gasteiger charge is 2.30. The van der Waals surface area contributed by atoms with E-state index in [1.165, 1.54) is 37.2 Å². The molecule has 7 nitrogen and oxygen atoms in total. The van der Waals surface area contributed by atoms with Gasteiger partial charge in [0.15, 0.2) is 5.54 Å². The van der Waals surface area contributed by atoms with Crippen LogP contribution in [0.25, 0.3) is 0 Å². The zero-order chi connectivity index (χ0) is 14.9. The molecule has 2 aromatic heterocycles. The van der Waals surface area contributed by atoms with Crippen LogP contribution in [-0.4, -0.2) is 26.8 Å². The number of aliphatic carboxylic acids is 1. The number of nitrogens with zero attached hydrogens (tertiary/aromatic N) is 2. The van der Waals surface area contributed by atoms with Crippen LogP contribution < -0.4 is 5.32 Å². The van der Waals surface area contributed by atoms with E-state index in [-0.39, 0.29) is 5.91 Å². The number of hydrogen-bond donors (Lipinski definition) is 2. The summed E-state index contributed by atoms with van der Waals surface area (Å²) in [6, 6.07) is 1.61. The van der Waals surface area contributed by atoms with Crippen LogP contribution in [0, 0.1) is 6.92 Å². The van der Waals surface area contributed by atoms with E-state index in [4.69, 9.17) is 9.52 Å². The number of carboxylic acids is 1. The van der Waals surface area contributed by atoms with Gasteiger partial charge in [0, 0.05) is 6.20 Å². The number of aryl methyl sites for hydroxylation is 1. The second-order valence-electron chi connectivity index (χ2n) is 4.94. The molecule has 0 aliphatic rings. The van der Waals surface area contributed by atoms with Crippen molar-refractivity contribution >= 4 is 17.6 Å². The molecule has 0 fully saturated rings. The van der Waals surface area contributed by atoms with Crippen LogP contribution in [0.2, 0.25) is 0 Å². The van der Waals surface area contributed by atoms with Crippen molar-refractivity contribution in [2.75, 3.05) is 5.32 Å². The van der Waals surface area contributed by atoms with Gasteiger partial charge >= 0.3 is 5.97 Å². The van der Waals surface area contributed by atoms with Crippen molar-refractivity contribution < 1.29 is 19.1 Å². The van der Waals surface area contributed by atoms with Crippen molar-refractivity contribution in [3.63, 3.8) is 0 Å². The average molecular weight is 277 g/mol. The standard InChI is InChI=1S/C13H15N3O4/c1-8-4-9(7-20-8)11(17)15-10-5-14-16(6-10)13(2,3)12(18)19/h4-7H,1-3H3,(H,15,17)(H,18,19). The number of carbonyl (C=O) groups is 2. The van der Waals surface area contributed by atoms with Gasteiger partial charge in [-0.1, -0.05) is 0 Å². The van der Waals surface area contributed by atoms with Gasteiger partial charge in [-0.3, -0.25) is 9.48 Å². The highest BCUT2D eigenvalue weighted by Crippen LogP contribution is 2.18. The fourth-order valence-electron chi connectivity index (χ4n) is 1.56. The summed E-state index contributed by atoms with van der Waals surface area (Å²) in [6.07, 6.45) is 4.23. The number of amides is 1. The summed E-state index contributed by atoms with van der Waals surface area (Å²) in [7, 11) is 0. The van der Waals surface area contributed by atoms with Crippen molar-refractivity contribution in [1.29, 1.82) is 0 Å². The molecule has 0 aromatic carbocycles. The van der Waals surface area contributed by atoms with E-state index in [1.54, 1.807) is 13.0 Å². The predicted octanol–water partition coefficient (Wildman–Crippen LogP) is 1.86. The molecule has 1 amide bonds. The van der Waals surface area contributed by atoms with Gasteiger partial charge in [0.25, 0.3) is 5.91 Å². The molecule has 2 aromatic rings. The predicted molar refractivity (Wildman–Crippen MR) is 70.6 cm³/mol. The lowest BCUT2D eigenvalue weighted by Crippen LogP contribution is -2.35. The number of rotatable bonds is 4. The van der Waals surface area contributed by atoms with Gasteiger partial charge in [0.2, 0.25) is 0 Å². The van der Waals surface area contributed by atoms with E-state index >= 15 is 0 Å². The lowest BCUT2D eigenvalue weighted by atomic mass is 10.1. The Morgan fingerprint density at radius 2 is 2.15 bits per heavy atom. The Labute approximate surface area is 115 Å². The number of aromatic nitrogens is 2. The zero-order valence-electron chi connectivity index (χ0n) is 11.4. The van der Waals surface area contributed by atoms with E-state index in [1.807, 2.05) is 0 Å². The van der Waals surface area contributed by atoms with Crippen LogP contribution in [0.3, 0.4) is 0 Å². The highest BCUT2D eigenvalue weighted by atomic mass is 16.4. The van der Waals surface area contributed by atoms with Crippen molar-refractivity contribution in [3.05, 3.63) is 36.0 Å². The maximum absolute atomic E-state index is 11.9. The zero-order valence-corrected chi connectivity index (χ0v) is 11.4. The Bertz CT molecular complexity index is 654. The van der Waals surface area contributed by atoms with Crippen LogP contribution in [0.1, 0.15) is 30.0 Å². The molecule has 7 heteroatoms. The summed E-state index contributed by atoms with van der Waals surface area (Å²) in [5, 5.41) is 15.7. The second-order valence-corrected chi connectivity index (χ2v) is 4.94. The maximum atomic E-state index is 11.9. The molecule has 2 heterocycles. The minimum Gasteiger partial charge on any atom is -0.479 e. The first-order chi connectivity index (χ1) is 9.30. The van der Waals surface area contributed by atoms with Crippen LogP contribution in [-0.2, 0) is 10.3 Å². The molecule has 0 aliphatic carbocycles. The first-order valence-corrected chi connectivity index (χ1v) is 5.96. The third-order valence-corrected chi connectivity index (χ3v) is 2.93. The molecule has 2 N–H and O–H groups in total. The Balaban J connectivity index is 2.14. The van der Waals surface area contributed by atoms with E-state index in [9.17, 15) is 9.59 Å². The van der Waals surface area contributed by atoms with Gasteiger partial charge in [-0.25, -0.2) is 4.79 Å². The fraction of sp³-hybridized carbons (Fsp3) is 0.308. The smallest absolute Gasteiger partial charge is 0.331 e. The molecule has 0 atom stereocenters. The molecule has 0 radical (unpaired) electrons. The summed E-state index contributed by atoms with van der Waals surface area (Å²) in [6.45, 7) is 4.78. The second kappa shape index (κ2) is 4.84. The number of furan rings is 1. The van der Waals surface area contributed by atoms with Crippen molar-refractivity contribution in [3.8, 4) is 0 Å². The average Bonchev–Trinajstić information content (AvgIpc) is 2.98. The molecular formula is C13H15N3O4. The lowest BCUT2D eigenvalue weighted by molar-refractivity contribution is -0.146. The molecular weight excluding hydrogens is 262 g/mol. The third kappa shape index (κ3) is 2.56. The molecule has 0 spiro atoms. The molecule has 20 heavy (non-hydrogen) atoms. The molecule has 0 saturated heterocycles. The monoisotopic (exact) mass is 277 g/mol. The molecule has 2 rings (SSSR count). The maximum Gasteiger partial charge on any atom is 0.331 e. The Morgan fingerprint density at radius 3 is 2.70 bits per heavy atom. The van der Waals surface area contributed by atoms with E-state index in [2.05, 4.69) is 10.4 Å². The first-order valence-electron chi connectivity index (χ1n) is 5.96. The fourth-order valence-corrected chi connectivity index (χ4v) is 1.56. The largest absolute Gasteiger partial charge is 0.479 e. The number of hydrogen-bond acceptors (Lipinski definition) is 4. The van der Waals surface area contributed by atoms with Gasteiger partial charge in [-0.05, 0) is 26.8 Å². The summed E-state index contributed by atoms with van der Waals surface area (Å²) < 4.78 is 6.34. The van der Waals surface area contributed by atoms with E-state index < -0.39 is 11.5 Å². The molecule has 0 bridgehead atoms. The summed E-state index contributed by atoms with van der Waals surface area (Å²) in [5.41, 5.74) is -0.370. The van der Waals surface area contributed by atoms with E-state index in [0.717, 1.165) is 0 Å². The molecule has 0 unspecified atom stereocenters. The Kier molecular flexibility index (Phi) is 3.35. The number of anilines is 1. The minimum atomic E-state index is -1.19. The normalized spacial score (nSPS) is 11.3. The topological polar surface area (TPSA) is 97.4 Å². The SMILES string of the molecule is Cc1cc(C(=O)Nc2cnn(C(C)(C)C(=O)O)c2)co1. The van der Waals surface area contributed by atoms with Gasteiger partial charge in [0.05, 0.1) is 17.4 Å². The van der Waals surface area contributed by atoms with Crippen molar-refractivity contribution in [1.82, 2.24) is 9.78 Å². The van der Waals surface area contributed by atoms with Crippen LogP contribution in [0.4, 0.5) is 5.69 Å². The van der Waals surface area contributed by atoms with Gasteiger partial charge in [-0.15, -0.1) is 0 Å². The van der Waals surface area contributed by atoms with Gasteiger partial charge in [-0.2, -0.15) is 5.10 Å². The quantitative estimate of drug-likeness (QED) is 0.888. The lowest BCUT2D eigenvalue weighted by Gasteiger charge is -2.19. The van der Waals surface area contributed by atoms with Gasteiger partial charge in [0.1, 0.15) is 12.0 Å². The Morgan fingerprint density at radius 1 is 1.45 bits per heavy atom. The highest BCUT2D eigenvalue weighted by molar-refractivity contribution is 6.04. The van der Waals surface area contributed by atoms with Crippen molar-refractivity contribution in [2.24, 2.45) is 0 Å². The minimum absolute atomic E-state index is 0.338.